The predicted octanol–water partition coefficient (Wildman–Crippen LogP) is 4.32. The van der Waals surface area contributed by atoms with Gasteiger partial charge in [-0.3, -0.25) is 4.79 Å². The molecule has 5 heteroatoms. The van der Waals surface area contributed by atoms with Gasteiger partial charge < -0.3 is 4.74 Å². The van der Waals surface area contributed by atoms with Gasteiger partial charge in [-0.1, -0.05) is 18.2 Å². The Morgan fingerprint density at radius 2 is 1.62 bits per heavy atom. The molecule has 0 spiro atoms. The van der Waals surface area contributed by atoms with Gasteiger partial charge in [-0.05, 0) is 48.0 Å². The van der Waals surface area contributed by atoms with E-state index in [0.29, 0.717) is 11.1 Å². The van der Waals surface area contributed by atoms with Gasteiger partial charge >= 0.3 is 6.61 Å². The minimum atomic E-state index is -2.90. The fourth-order valence-corrected chi connectivity index (χ4v) is 1.64. The summed E-state index contributed by atoms with van der Waals surface area (Å²) in [6.07, 6.45) is 2.88. The summed E-state index contributed by atoms with van der Waals surface area (Å²) in [6, 6.07) is 11.1. The van der Waals surface area contributed by atoms with Crippen molar-refractivity contribution in [2.75, 3.05) is 0 Å². The van der Waals surface area contributed by atoms with Gasteiger partial charge in [0.15, 0.2) is 5.78 Å². The molecule has 0 aliphatic carbocycles. The van der Waals surface area contributed by atoms with Crippen molar-refractivity contribution in [2.45, 2.75) is 6.61 Å². The number of allylic oxidation sites excluding steroid dienone is 1. The highest BCUT2D eigenvalue weighted by molar-refractivity contribution is 6.06. The molecular formula is C16H11F3O2. The maximum atomic E-state index is 12.7. The van der Waals surface area contributed by atoms with Gasteiger partial charge in [-0.2, -0.15) is 8.78 Å². The number of hydrogen-bond acceptors (Lipinski definition) is 2. The van der Waals surface area contributed by atoms with Gasteiger partial charge in [0.1, 0.15) is 11.6 Å². The predicted molar refractivity (Wildman–Crippen MR) is 72.8 cm³/mol. The molecule has 0 saturated carbocycles. The molecule has 2 nitrogen and oxygen atoms in total. The Labute approximate surface area is 119 Å². The Kier molecular flexibility index (Phi) is 4.77. The third-order valence-corrected chi connectivity index (χ3v) is 2.66. The molecule has 0 saturated heterocycles. The van der Waals surface area contributed by atoms with Crippen LogP contribution in [0.3, 0.4) is 0 Å². The fraction of sp³-hybridized carbons (Fsp3) is 0.0625. The van der Waals surface area contributed by atoms with E-state index < -0.39 is 6.61 Å². The molecule has 0 aromatic heterocycles. The average molecular weight is 292 g/mol. The molecule has 0 bridgehead atoms. The lowest BCUT2D eigenvalue weighted by Crippen LogP contribution is -2.02. The minimum absolute atomic E-state index is 0.0101. The summed E-state index contributed by atoms with van der Waals surface area (Å²) >= 11 is 0. The van der Waals surface area contributed by atoms with Crippen LogP contribution >= 0.6 is 0 Å². The molecule has 0 aliphatic rings. The van der Waals surface area contributed by atoms with E-state index in [1.54, 1.807) is 18.2 Å². The lowest BCUT2D eigenvalue weighted by molar-refractivity contribution is -0.0498. The van der Waals surface area contributed by atoms with Gasteiger partial charge in [-0.25, -0.2) is 4.39 Å². The van der Waals surface area contributed by atoms with Crippen molar-refractivity contribution in [2.24, 2.45) is 0 Å². The second-order valence-electron chi connectivity index (χ2n) is 4.15. The largest absolute Gasteiger partial charge is 0.435 e. The summed E-state index contributed by atoms with van der Waals surface area (Å²) in [5, 5.41) is 0. The van der Waals surface area contributed by atoms with Crippen molar-refractivity contribution in [1.29, 1.82) is 0 Å². The first-order chi connectivity index (χ1) is 10.0. The van der Waals surface area contributed by atoms with Gasteiger partial charge in [0.05, 0.1) is 0 Å². The van der Waals surface area contributed by atoms with Crippen LogP contribution in [0.2, 0.25) is 0 Å². The first-order valence-corrected chi connectivity index (χ1v) is 6.07. The Morgan fingerprint density at radius 1 is 1.00 bits per heavy atom. The number of halogens is 3. The van der Waals surface area contributed by atoms with Crippen molar-refractivity contribution < 1.29 is 22.7 Å². The molecular weight excluding hydrogens is 281 g/mol. The highest BCUT2D eigenvalue weighted by atomic mass is 19.3. The van der Waals surface area contributed by atoms with Gasteiger partial charge in [-0.15, -0.1) is 0 Å². The molecule has 2 rings (SSSR count). The van der Waals surface area contributed by atoms with Crippen LogP contribution in [-0.4, -0.2) is 12.4 Å². The van der Waals surface area contributed by atoms with E-state index >= 15 is 0 Å². The maximum Gasteiger partial charge on any atom is 0.387 e. The first-order valence-electron chi connectivity index (χ1n) is 6.07. The zero-order chi connectivity index (χ0) is 15.2. The van der Waals surface area contributed by atoms with Crippen LogP contribution in [0.25, 0.3) is 6.08 Å². The molecule has 0 N–H and O–H groups in total. The third kappa shape index (κ3) is 4.49. The molecule has 0 atom stereocenters. The molecule has 0 amide bonds. The Bertz CT molecular complexity index is 632. The van der Waals surface area contributed by atoms with Gasteiger partial charge in [0.25, 0.3) is 0 Å². The van der Waals surface area contributed by atoms with Crippen molar-refractivity contribution in [3.8, 4) is 5.75 Å². The van der Waals surface area contributed by atoms with E-state index in [4.69, 9.17) is 0 Å². The standard InChI is InChI=1S/C16H11F3O2/c17-13-6-1-11(2-7-13)3-10-15(20)12-4-8-14(9-5-12)21-16(18)19/h1-10,16H. The summed E-state index contributed by atoms with van der Waals surface area (Å²) in [6.45, 7) is -2.90. The van der Waals surface area contributed by atoms with Crippen LogP contribution in [-0.2, 0) is 0 Å². The molecule has 21 heavy (non-hydrogen) atoms. The molecule has 2 aromatic rings. The van der Waals surface area contributed by atoms with Crippen LogP contribution in [0.4, 0.5) is 13.2 Å². The summed E-state index contributed by atoms with van der Waals surface area (Å²) in [4.78, 5) is 11.9. The molecule has 0 aliphatic heterocycles. The van der Waals surface area contributed by atoms with Crippen molar-refractivity contribution in [3.05, 3.63) is 71.6 Å². The van der Waals surface area contributed by atoms with Crippen molar-refractivity contribution >= 4 is 11.9 Å². The molecule has 0 heterocycles. The van der Waals surface area contributed by atoms with E-state index in [2.05, 4.69) is 4.74 Å². The number of carbonyl (C=O) groups is 1. The Morgan fingerprint density at radius 3 is 2.19 bits per heavy atom. The van der Waals surface area contributed by atoms with E-state index in [0.717, 1.165) is 0 Å². The summed E-state index contributed by atoms with van der Waals surface area (Å²) in [5.41, 5.74) is 1.03. The number of carbonyl (C=O) groups excluding carboxylic acids is 1. The summed E-state index contributed by atoms with van der Waals surface area (Å²) in [7, 11) is 0. The molecule has 108 valence electrons. The van der Waals surface area contributed by atoms with Crippen LogP contribution in [0.15, 0.2) is 54.6 Å². The van der Waals surface area contributed by atoms with E-state index in [-0.39, 0.29) is 17.3 Å². The third-order valence-electron chi connectivity index (χ3n) is 2.66. The Hall–Kier alpha value is -2.56. The normalized spacial score (nSPS) is 11.0. The van der Waals surface area contributed by atoms with Gasteiger partial charge in [0, 0.05) is 5.56 Å². The maximum absolute atomic E-state index is 12.7. The SMILES string of the molecule is O=C(C=Cc1ccc(F)cc1)c1ccc(OC(F)F)cc1. The summed E-state index contributed by atoms with van der Waals surface area (Å²) < 4.78 is 40.9. The topological polar surface area (TPSA) is 26.3 Å². The number of benzene rings is 2. The zero-order valence-corrected chi connectivity index (χ0v) is 10.8. The monoisotopic (exact) mass is 292 g/mol. The number of hydrogen-bond donors (Lipinski definition) is 0. The quantitative estimate of drug-likeness (QED) is 0.606. The lowest BCUT2D eigenvalue weighted by Gasteiger charge is -2.04. The van der Waals surface area contributed by atoms with Crippen LogP contribution in [0.5, 0.6) is 5.75 Å². The second-order valence-corrected chi connectivity index (χ2v) is 4.15. The van der Waals surface area contributed by atoms with Crippen molar-refractivity contribution in [3.63, 3.8) is 0 Å². The minimum Gasteiger partial charge on any atom is -0.435 e. The zero-order valence-electron chi connectivity index (χ0n) is 10.8. The van der Waals surface area contributed by atoms with Gasteiger partial charge in [0.2, 0.25) is 0 Å². The van der Waals surface area contributed by atoms with E-state index in [1.807, 2.05) is 0 Å². The number of ketones is 1. The fourth-order valence-electron chi connectivity index (χ4n) is 1.64. The lowest BCUT2D eigenvalue weighted by atomic mass is 10.1. The van der Waals surface area contributed by atoms with E-state index in [9.17, 15) is 18.0 Å². The smallest absolute Gasteiger partial charge is 0.387 e. The highest BCUT2D eigenvalue weighted by Gasteiger charge is 2.06. The molecule has 0 fully saturated rings. The van der Waals surface area contributed by atoms with Crippen molar-refractivity contribution in [1.82, 2.24) is 0 Å². The first kappa shape index (κ1) is 14.8. The van der Waals surface area contributed by atoms with Crippen LogP contribution in [0, 0.1) is 5.82 Å². The average Bonchev–Trinajstić information content (AvgIpc) is 2.46. The molecule has 0 unspecified atom stereocenters. The Balaban J connectivity index is 2.04. The summed E-state index contributed by atoms with van der Waals surface area (Å²) in [5.74, 6) is -0.653. The van der Waals surface area contributed by atoms with Crippen LogP contribution < -0.4 is 4.74 Å². The second kappa shape index (κ2) is 6.74. The molecule has 0 radical (unpaired) electrons. The highest BCUT2D eigenvalue weighted by Crippen LogP contribution is 2.15. The number of alkyl halides is 2. The number of rotatable bonds is 5. The number of ether oxygens (including phenoxy) is 1. The molecule has 2 aromatic carbocycles. The van der Waals surface area contributed by atoms with Crippen LogP contribution in [0.1, 0.15) is 15.9 Å². The van der Waals surface area contributed by atoms with E-state index in [1.165, 1.54) is 42.5 Å².